The smallest absolute Gasteiger partial charge is 0.264 e. The van der Waals surface area contributed by atoms with Crippen LogP contribution in [0.25, 0.3) is 0 Å². The Labute approximate surface area is 217 Å². The molecule has 1 aliphatic heterocycles. The lowest BCUT2D eigenvalue weighted by Gasteiger charge is -2.35. The summed E-state index contributed by atoms with van der Waals surface area (Å²) in [4.78, 5) is 13.8. The Morgan fingerprint density at radius 1 is 0.811 bits per heavy atom. The molecule has 1 heterocycles. The molecule has 4 aromatic carbocycles. The molecule has 4 aromatic rings. The van der Waals surface area contributed by atoms with Gasteiger partial charge in [-0.25, -0.2) is 8.42 Å². The van der Waals surface area contributed by atoms with Gasteiger partial charge in [-0.3, -0.25) is 9.10 Å². The van der Waals surface area contributed by atoms with Gasteiger partial charge in [-0.2, -0.15) is 0 Å². The van der Waals surface area contributed by atoms with Gasteiger partial charge >= 0.3 is 0 Å². The number of hydrogen-bond acceptors (Lipinski definition) is 4. The zero-order valence-corrected chi connectivity index (χ0v) is 21.5. The van der Waals surface area contributed by atoms with Crippen LogP contribution >= 0.6 is 0 Å². The first kappa shape index (κ1) is 24.6. The van der Waals surface area contributed by atoms with Crippen LogP contribution in [-0.2, 0) is 14.8 Å². The number of nitrogens with one attached hydrogen (secondary N) is 1. The Morgan fingerprint density at radius 2 is 1.38 bits per heavy atom. The number of amides is 1. The summed E-state index contributed by atoms with van der Waals surface area (Å²) in [6.07, 6.45) is -1.04. The second kappa shape index (κ2) is 10.1. The minimum atomic E-state index is -3.92. The van der Waals surface area contributed by atoms with Crippen LogP contribution in [0.3, 0.4) is 0 Å². The Bertz CT molecular complexity index is 1500. The second-order valence-corrected chi connectivity index (χ2v) is 11.0. The molecule has 7 heteroatoms. The van der Waals surface area contributed by atoms with Gasteiger partial charge in [0.2, 0.25) is 0 Å². The number of aryl methyl sites for hydroxylation is 2. The summed E-state index contributed by atoms with van der Waals surface area (Å²) in [6.45, 7) is 3.77. The van der Waals surface area contributed by atoms with Crippen molar-refractivity contribution in [2.24, 2.45) is 0 Å². The third kappa shape index (κ3) is 5.08. The van der Waals surface area contributed by atoms with E-state index >= 15 is 0 Å². The van der Waals surface area contributed by atoms with Crippen LogP contribution < -0.4 is 14.4 Å². The van der Waals surface area contributed by atoms with E-state index in [-0.39, 0.29) is 11.4 Å². The number of para-hydroxylation sites is 2. The Hall–Kier alpha value is -4.10. The highest BCUT2D eigenvalue weighted by Gasteiger charge is 2.38. The Balaban J connectivity index is 1.47. The molecule has 5 rings (SSSR count). The molecule has 37 heavy (non-hydrogen) atoms. The van der Waals surface area contributed by atoms with Crippen LogP contribution in [0.1, 0.15) is 28.3 Å². The molecular formula is C30H28N2O4S. The first-order valence-corrected chi connectivity index (χ1v) is 13.5. The molecule has 1 aliphatic rings. The second-order valence-electron chi connectivity index (χ2n) is 9.19. The van der Waals surface area contributed by atoms with Crippen molar-refractivity contribution in [2.75, 3.05) is 10.8 Å². The average molecular weight is 513 g/mol. The highest BCUT2D eigenvalue weighted by atomic mass is 32.2. The van der Waals surface area contributed by atoms with E-state index in [1.165, 1.54) is 4.31 Å². The van der Waals surface area contributed by atoms with Gasteiger partial charge in [0.15, 0.2) is 6.10 Å². The Morgan fingerprint density at radius 3 is 2.05 bits per heavy atom. The van der Waals surface area contributed by atoms with Crippen molar-refractivity contribution in [1.29, 1.82) is 0 Å². The van der Waals surface area contributed by atoms with Crippen LogP contribution in [0, 0.1) is 13.8 Å². The fourth-order valence-corrected chi connectivity index (χ4v) is 5.88. The van der Waals surface area contributed by atoms with Gasteiger partial charge in [0, 0.05) is 0 Å². The highest BCUT2D eigenvalue weighted by Crippen LogP contribution is 2.37. The fraction of sp³-hybridized carbons (Fsp3) is 0.167. The summed E-state index contributed by atoms with van der Waals surface area (Å²) < 4.78 is 34.6. The molecule has 0 spiro atoms. The van der Waals surface area contributed by atoms with Crippen molar-refractivity contribution >= 4 is 21.6 Å². The molecule has 6 nitrogen and oxygen atoms in total. The predicted molar refractivity (Wildman–Crippen MR) is 144 cm³/mol. The van der Waals surface area contributed by atoms with E-state index in [2.05, 4.69) is 5.32 Å². The minimum Gasteiger partial charge on any atom is -0.476 e. The van der Waals surface area contributed by atoms with Crippen molar-refractivity contribution in [3.63, 3.8) is 0 Å². The molecule has 188 valence electrons. The Kier molecular flexibility index (Phi) is 6.72. The fourth-order valence-electron chi connectivity index (χ4n) is 4.40. The zero-order valence-electron chi connectivity index (χ0n) is 20.7. The van der Waals surface area contributed by atoms with Gasteiger partial charge in [-0.1, -0.05) is 90.0 Å². The summed E-state index contributed by atoms with van der Waals surface area (Å²) in [6, 6.07) is 30.8. The van der Waals surface area contributed by atoms with Crippen molar-refractivity contribution in [3.05, 3.63) is 125 Å². The maximum atomic E-state index is 13.7. The number of rotatable bonds is 6. The SMILES string of the molecule is Cc1ccc(C(NC(=O)C2CN(S(=O)(=O)c3ccc(C)cc3)c3ccccc3O2)c2ccccc2)cc1. The predicted octanol–water partition coefficient (Wildman–Crippen LogP) is 5.17. The lowest BCUT2D eigenvalue weighted by molar-refractivity contribution is -0.128. The van der Waals surface area contributed by atoms with Crippen LogP contribution in [0.2, 0.25) is 0 Å². The first-order valence-electron chi connectivity index (χ1n) is 12.1. The topological polar surface area (TPSA) is 75.7 Å². The van der Waals surface area contributed by atoms with Crippen molar-refractivity contribution in [2.45, 2.75) is 30.9 Å². The van der Waals surface area contributed by atoms with Crippen LogP contribution in [-0.4, -0.2) is 27.0 Å². The molecule has 2 atom stereocenters. The normalized spacial score (nSPS) is 15.8. The molecule has 0 bridgehead atoms. The number of anilines is 1. The van der Waals surface area contributed by atoms with Gasteiger partial charge in [-0.15, -0.1) is 0 Å². The number of benzene rings is 4. The van der Waals surface area contributed by atoms with Crippen LogP contribution in [0.15, 0.2) is 108 Å². The molecule has 0 fully saturated rings. The number of ether oxygens (including phenoxy) is 1. The first-order chi connectivity index (χ1) is 17.8. The maximum Gasteiger partial charge on any atom is 0.264 e. The van der Waals surface area contributed by atoms with Crippen LogP contribution in [0.4, 0.5) is 5.69 Å². The quantitative estimate of drug-likeness (QED) is 0.387. The van der Waals surface area contributed by atoms with Crippen molar-refractivity contribution in [3.8, 4) is 5.75 Å². The van der Waals surface area contributed by atoms with E-state index in [1.807, 2.05) is 68.4 Å². The number of sulfonamides is 1. The zero-order chi connectivity index (χ0) is 26.0. The number of nitrogens with zero attached hydrogens (tertiary/aromatic N) is 1. The molecule has 1 amide bonds. The van der Waals surface area contributed by atoms with E-state index in [1.54, 1.807) is 48.5 Å². The molecule has 2 unspecified atom stereocenters. The van der Waals surface area contributed by atoms with E-state index in [0.717, 1.165) is 22.3 Å². The standard InChI is InChI=1S/C30H28N2O4S/c1-21-12-16-24(17-13-21)29(23-8-4-3-5-9-23)31-30(33)28-20-32(26-10-6-7-11-27(26)36-28)37(34,35)25-18-14-22(2)15-19-25/h3-19,28-29H,20H2,1-2H3,(H,31,33). The summed E-state index contributed by atoms with van der Waals surface area (Å²) in [5.74, 6) is -0.0516. The van der Waals surface area contributed by atoms with Crippen LogP contribution in [0.5, 0.6) is 5.75 Å². The van der Waals surface area contributed by atoms with Gasteiger partial charge in [0.1, 0.15) is 5.75 Å². The van der Waals surface area contributed by atoms with Crippen molar-refractivity contribution < 1.29 is 17.9 Å². The molecule has 0 radical (unpaired) electrons. The third-order valence-electron chi connectivity index (χ3n) is 6.47. The molecular weight excluding hydrogens is 484 g/mol. The third-order valence-corrected chi connectivity index (χ3v) is 8.26. The highest BCUT2D eigenvalue weighted by molar-refractivity contribution is 7.92. The lowest BCUT2D eigenvalue weighted by atomic mass is 9.97. The van der Waals surface area contributed by atoms with Gasteiger partial charge < -0.3 is 10.1 Å². The molecule has 0 aromatic heterocycles. The maximum absolute atomic E-state index is 13.7. The van der Waals surface area contributed by atoms with Gasteiger partial charge in [0.05, 0.1) is 23.2 Å². The summed E-state index contributed by atoms with van der Waals surface area (Å²) in [5.41, 5.74) is 4.32. The van der Waals surface area contributed by atoms with E-state index in [0.29, 0.717) is 11.4 Å². The molecule has 0 saturated carbocycles. The van der Waals surface area contributed by atoms with E-state index in [4.69, 9.17) is 4.74 Å². The number of hydrogen-bond donors (Lipinski definition) is 1. The van der Waals surface area contributed by atoms with Gasteiger partial charge in [0.25, 0.3) is 15.9 Å². The number of carbonyl (C=O) groups is 1. The minimum absolute atomic E-state index is 0.144. The van der Waals surface area contributed by atoms with E-state index in [9.17, 15) is 13.2 Å². The number of carbonyl (C=O) groups excluding carboxylic acids is 1. The van der Waals surface area contributed by atoms with E-state index < -0.39 is 28.1 Å². The molecule has 1 N–H and O–H groups in total. The largest absolute Gasteiger partial charge is 0.476 e. The van der Waals surface area contributed by atoms with Gasteiger partial charge in [-0.05, 0) is 49.2 Å². The monoisotopic (exact) mass is 512 g/mol. The molecule has 0 aliphatic carbocycles. The summed E-state index contributed by atoms with van der Waals surface area (Å²) in [7, 11) is -3.92. The summed E-state index contributed by atoms with van der Waals surface area (Å²) in [5, 5.41) is 3.10. The number of fused-ring (bicyclic) bond motifs is 1. The summed E-state index contributed by atoms with van der Waals surface area (Å²) >= 11 is 0. The average Bonchev–Trinajstić information content (AvgIpc) is 2.92. The lowest BCUT2D eigenvalue weighted by Crippen LogP contribution is -2.51. The van der Waals surface area contributed by atoms with Crippen molar-refractivity contribution in [1.82, 2.24) is 5.32 Å². The molecule has 0 saturated heterocycles.